The first-order valence-corrected chi connectivity index (χ1v) is 10.5. The number of hydrogen-bond donors (Lipinski definition) is 1. The molecule has 27 heavy (non-hydrogen) atoms. The molecule has 2 aromatic heterocycles. The Labute approximate surface area is 163 Å². The summed E-state index contributed by atoms with van der Waals surface area (Å²) in [6.45, 7) is 6.10. The number of thiazole rings is 1. The maximum absolute atomic E-state index is 4.62. The molecule has 0 atom stereocenters. The maximum Gasteiger partial charge on any atom is 0.147 e. The number of aromatic nitrogens is 4. The molecule has 5 rings (SSSR count). The molecule has 140 valence electrons. The third kappa shape index (κ3) is 3.54. The summed E-state index contributed by atoms with van der Waals surface area (Å²) in [6.07, 6.45) is 4.37. The molecule has 2 aliphatic rings. The number of hydrogen-bond acceptors (Lipinski definition) is 6. The van der Waals surface area contributed by atoms with Gasteiger partial charge in [-0.15, -0.1) is 21.5 Å². The van der Waals surface area contributed by atoms with Crippen LogP contribution in [0.2, 0.25) is 0 Å². The molecule has 6 nitrogen and oxygen atoms in total. The van der Waals surface area contributed by atoms with Gasteiger partial charge in [0.05, 0.1) is 6.54 Å². The highest BCUT2D eigenvalue weighted by Gasteiger charge is 2.27. The van der Waals surface area contributed by atoms with E-state index in [1.165, 1.54) is 16.3 Å². The van der Waals surface area contributed by atoms with E-state index in [9.17, 15) is 0 Å². The van der Waals surface area contributed by atoms with Gasteiger partial charge in [-0.3, -0.25) is 4.90 Å². The highest BCUT2D eigenvalue weighted by atomic mass is 32.1. The molecule has 2 aliphatic heterocycles. The van der Waals surface area contributed by atoms with Crippen LogP contribution in [0.1, 0.15) is 35.3 Å². The molecule has 7 heteroatoms. The molecule has 0 spiro atoms. The van der Waals surface area contributed by atoms with Crippen LogP contribution in [0.15, 0.2) is 36.5 Å². The topological polar surface area (TPSA) is 58.9 Å². The predicted molar refractivity (Wildman–Crippen MR) is 107 cm³/mol. The van der Waals surface area contributed by atoms with E-state index in [4.69, 9.17) is 0 Å². The van der Waals surface area contributed by atoms with Crippen molar-refractivity contribution in [2.75, 3.05) is 19.6 Å². The van der Waals surface area contributed by atoms with E-state index in [1.807, 2.05) is 23.6 Å². The lowest BCUT2D eigenvalue weighted by Gasteiger charge is -2.31. The van der Waals surface area contributed by atoms with Gasteiger partial charge < -0.3 is 9.88 Å². The smallest absolute Gasteiger partial charge is 0.147 e. The van der Waals surface area contributed by atoms with Gasteiger partial charge in [0.1, 0.15) is 16.7 Å². The van der Waals surface area contributed by atoms with Crippen molar-refractivity contribution in [2.45, 2.75) is 38.4 Å². The molecule has 1 fully saturated rings. The predicted octanol–water partition coefficient (Wildman–Crippen LogP) is 2.88. The number of nitrogens with zero attached hydrogens (tertiary/aromatic N) is 5. The molecule has 1 N–H and O–H groups in total. The first-order chi connectivity index (χ1) is 13.4. The molecule has 1 saturated heterocycles. The van der Waals surface area contributed by atoms with E-state index in [1.54, 1.807) is 0 Å². The molecule has 0 unspecified atom stereocenters. The van der Waals surface area contributed by atoms with Crippen molar-refractivity contribution in [1.29, 1.82) is 0 Å². The fourth-order valence-corrected chi connectivity index (χ4v) is 5.04. The summed E-state index contributed by atoms with van der Waals surface area (Å²) in [7, 11) is 0. The van der Waals surface area contributed by atoms with E-state index < -0.39 is 0 Å². The summed E-state index contributed by atoms with van der Waals surface area (Å²) >= 11 is 1.81. The average molecular weight is 381 g/mol. The normalized spacial score (nSPS) is 18.5. The highest BCUT2D eigenvalue weighted by Crippen LogP contribution is 2.30. The number of fused-ring (bicyclic) bond motifs is 1. The van der Waals surface area contributed by atoms with Crippen LogP contribution in [0.3, 0.4) is 0 Å². The van der Waals surface area contributed by atoms with Crippen LogP contribution in [0.25, 0.3) is 10.6 Å². The zero-order valence-electron chi connectivity index (χ0n) is 15.3. The van der Waals surface area contributed by atoms with Gasteiger partial charge in [-0.25, -0.2) is 4.98 Å². The lowest BCUT2D eigenvalue weighted by molar-refractivity contribution is 0.201. The van der Waals surface area contributed by atoms with Gasteiger partial charge in [0, 0.05) is 42.2 Å². The van der Waals surface area contributed by atoms with Crippen molar-refractivity contribution in [3.05, 3.63) is 53.1 Å². The Morgan fingerprint density at radius 1 is 1.07 bits per heavy atom. The van der Waals surface area contributed by atoms with Crippen molar-refractivity contribution in [1.82, 2.24) is 30.0 Å². The summed E-state index contributed by atoms with van der Waals surface area (Å²) in [5.41, 5.74) is 1.21. The van der Waals surface area contributed by atoms with Gasteiger partial charge in [-0.2, -0.15) is 0 Å². The molecule has 0 amide bonds. The maximum atomic E-state index is 4.62. The third-order valence-electron chi connectivity index (χ3n) is 5.56. The van der Waals surface area contributed by atoms with E-state index in [0.29, 0.717) is 5.92 Å². The highest BCUT2D eigenvalue weighted by molar-refractivity contribution is 7.15. The third-order valence-corrected chi connectivity index (χ3v) is 6.59. The van der Waals surface area contributed by atoms with Gasteiger partial charge in [-0.1, -0.05) is 30.3 Å². The minimum absolute atomic E-state index is 0.543. The van der Waals surface area contributed by atoms with Crippen LogP contribution in [-0.4, -0.2) is 44.3 Å². The van der Waals surface area contributed by atoms with E-state index in [2.05, 4.69) is 54.2 Å². The molecule has 1 aromatic carbocycles. The summed E-state index contributed by atoms with van der Waals surface area (Å²) in [5.74, 6) is 2.84. The minimum atomic E-state index is 0.543. The Kier molecular flexibility index (Phi) is 4.73. The minimum Gasteiger partial charge on any atom is -0.312 e. The number of rotatable bonds is 4. The van der Waals surface area contributed by atoms with Crippen LogP contribution < -0.4 is 5.32 Å². The molecule has 0 aliphatic carbocycles. The van der Waals surface area contributed by atoms with Crippen molar-refractivity contribution < 1.29 is 0 Å². The zero-order valence-corrected chi connectivity index (χ0v) is 16.2. The molecule has 0 radical (unpaired) electrons. The summed E-state index contributed by atoms with van der Waals surface area (Å²) in [6, 6.07) is 10.4. The quantitative estimate of drug-likeness (QED) is 0.754. The largest absolute Gasteiger partial charge is 0.312 e. The second-order valence-electron chi connectivity index (χ2n) is 7.35. The Balaban J connectivity index is 1.20. The van der Waals surface area contributed by atoms with E-state index in [0.717, 1.165) is 62.9 Å². The summed E-state index contributed by atoms with van der Waals surface area (Å²) in [5, 5.41) is 13.4. The second-order valence-corrected chi connectivity index (χ2v) is 8.47. The van der Waals surface area contributed by atoms with Crippen molar-refractivity contribution >= 4 is 11.3 Å². The SMILES string of the molecule is c1ccc(-c2ncc(CN3CCC(c4nnc5n4CCNC5)CC3)s2)cc1. The molecule has 3 aromatic rings. The Bertz CT molecular complexity index is 894. The lowest BCUT2D eigenvalue weighted by atomic mass is 9.95. The van der Waals surface area contributed by atoms with Crippen LogP contribution in [-0.2, 0) is 19.6 Å². The average Bonchev–Trinajstić information content (AvgIpc) is 3.37. The van der Waals surface area contributed by atoms with Gasteiger partial charge in [0.25, 0.3) is 0 Å². The van der Waals surface area contributed by atoms with Crippen LogP contribution in [0, 0.1) is 0 Å². The number of benzene rings is 1. The molecule has 0 saturated carbocycles. The van der Waals surface area contributed by atoms with Crippen molar-refractivity contribution in [3.8, 4) is 10.6 Å². The first-order valence-electron chi connectivity index (χ1n) is 9.72. The number of nitrogens with one attached hydrogen (secondary N) is 1. The number of likely N-dealkylation sites (tertiary alicyclic amines) is 1. The molecular formula is C20H24N6S. The first kappa shape index (κ1) is 17.0. The Hall–Kier alpha value is -2.09. The van der Waals surface area contributed by atoms with Gasteiger partial charge in [-0.05, 0) is 25.9 Å². The zero-order chi connectivity index (χ0) is 18.1. The number of piperidine rings is 1. The fraction of sp³-hybridized carbons (Fsp3) is 0.450. The Morgan fingerprint density at radius 2 is 1.93 bits per heavy atom. The lowest BCUT2D eigenvalue weighted by Crippen LogP contribution is -2.34. The van der Waals surface area contributed by atoms with Gasteiger partial charge in [0.15, 0.2) is 0 Å². The summed E-state index contributed by atoms with van der Waals surface area (Å²) in [4.78, 5) is 8.52. The monoisotopic (exact) mass is 380 g/mol. The van der Waals surface area contributed by atoms with E-state index in [-0.39, 0.29) is 0 Å². The standard InChI is InChI=1S/C20H24N6S/c1-2-4-16(5-3-1)20-22-12-17(27-20)14-25-9-6-15(7-10-25)19-24-23-18-13-21-8-11-26(18)19/h1-5,12,15,21H,6-11,13-14H2. The van der Waals surface area contributed by atoms with Crippen LogP contribution in [0.4, 0.5) is 0 Å². The fourth-order valence-electron chi connectivity index (χ4n) is 4.08. The van der Waals surface area contributed by atoms with E-state index >= 15 is 0 Å². The van der Waals surface area contributed by atoms with Crippen LogP contribution >= 0.6 is 11.3 Å². The van der Waals surface area contributed by atoms with Gasteiger partial charge in [0.2, 0.25) is 0 Å². The van der Waals surface area contributed by atoms with Gasteiger partial charge >= 0.3 is 0 Å². The molecule has 0 bridgehead atoms. The van der Waals surface area contributed by atoms with Crippen LogP contribution in [0.5, 0.6) is 0 Å². The van der Waals surface area contributed by atoms with Crippen molar-refractivity contribution in [2.24, 2.45) is 0 Å². The Morgan fingerprint density at radius 3 is 2.78 bits per heavy atom. The molecule has 4 heterocycles. The second kappa shape index (κ2) is 7.50. The summed E-state index contributed by atoms with van der Waals surface area (Å²) < 4.78 is 2.34. The van der Waals surface area contributed by atoms with Crippen molar-refractivity contribution in [3.63, 3.8) is 0 Å². The molecular weight excluding hydrogens is 356 g/mol.